The Hall–Kier alpha value is -2.60. The highest BCUT2D eigenvalue weighted by molar-refractivity contribution is 6.31. The van der Waals surface area contributed by atoms with Gasteiger partial charge in [0.1, 0.15) is 11.6 Å². The molecule has 0 saturated carbocycles. The van der Waals surface area contributed by atoms with E-state index >= 15 is 0 Å². The molecule has 2 aromatic carbocycles. The molecule has 24 heavy (non-hydrogen) atoms. The van der Waals surface area contributed by atoms with Gasteiger partial charge in [0, 0.05) is 17.6 Å². The molecule has 0 atom stereocenters. The summed E-state index contributed by atoms with van der Waals surface area (Å²) in [7, 11) is 1.39. The summed E-state index contributed by atoms with van der Waals surface area (Å²) in [6.07, 6.45) is 0. The molecule has 126 valence electrons. The highest BCUT2D eigenvalue weighted by Crippen LogP contribution is 2.17. The van der Waals surface area contributed by atoms with Crippen LogP contribution in [0.5, 0.6) is 5.75 Å². The second-order valence-electron chi connectivity index (χ2n) is 4.79. The van der Waals surface area contributed by atoms with Crippen molar-refractivity contribution in [2.75, 3.05) is 13.7 Å². The van der Waals surface area contributed by atoms with Gasteiger partial charge in [0.2, 0.25) is 0 Å². The molecule has 1 N–H and O–H groups in total. The molecule has 0 unspecified atom stereocenters. The van der Waals surface area contributed by atoms with Crippen molar-refractivity contribution in [2.24, 2.45) is 0 Å². The number of hydrogen-bond donors (Lipinski definition) is 1. The lowest BCUT2D eigenvalue weighted by atomic mass is 10.2. The van der Waals surface area contributed by atoms with Crippen LogP contribution in [0.4, 0.5) is 4.39 Å². The molecule has 5 nitrogen and oxygen atoms in total. The molecule has 1 amide bonds. The molecule has 0 aliphatic heterocycles. The number of halogens is 2. The number of carbonyl (C=O) groups excluding carboxylic acids is 2. The zero-order chi connectivity index (χ0) is 17.5. The van der Waals surface area contributed by atoms with Crippen LogP contribution in [0.2, 0.25) is 5.02 Å². The Kier molecular flexibility index (Phi) is 6.14. The van der Waals surface area contributed by atoms with E-state index in [9.17, 15) is 14.0 Å². The number of methoxy groups -OCH3 is 1. The molecule has 0 radical (unpaired) electrons. The van der Waals surface area contributed by atoms with E-state index in [1.165, 1.54) is 19.2 Å². The lowest BCUT2D eigenvalue weighted by Gasteiger charge is -2.08. The molecule has 2 rings (SSSR count). The van der Waals surface area contributed by atoms with Crippen LogP contribution < -0.4 is 10.1 Å². The Labute approximate surface area is 143 Å². The first-order valence-electron chi connectivity index (χ1n) is 7.02. The van der Waals surface area contributed by atoms with E-state index in [0.717, 1.165) is 11.6 Å². The van der Waals surface area contributed by atoms with Gasteiger partial charge in [-0.2, -0.15) is 0 Å². The molecule has 0 saturated heterocycles. The summed E-state index contributed by atoms with van der Waals surface area (Å²) in [6, 6.07) is 10.8. The molecule has 0 fully saturated rings. The van der Waals surface area contributed by atoms with Crippen LogP contribution in [0.1, 0.15) is 15.9 Å². The van der Waals surface area contributed by atoms with Crippen molar-refractivity contribution in [3.8, 4) is 5.75 Å². The van der Waals surface area contributed by atoms with Gasteiger partial charge < -0.3 is 14.8 Å². The summed E-state index contributed by atoms with van der Waals surface area (Å²) in [5.41, 5.74) is 0.467. The second-order valence-corrected chi connectivity index (χ2v) is 5.20. The quantitative estimate of drug-likeness (QED) is 0.813. The van der Waals surface area contributed by atoms with Gasteiger partial charge in [-0.1, -0.05) is 29.8 Å². The molecule has 7 heteroatoms. The first-order valence-corrected chi connectivity index (χ1v) is 7.40. The van der Waals surface area contributed by atoms with Crippen molar-refractivity contribution in [2.45, 2.75) is 6.54 Å². The average molecular weight is 352 g/mol. The van der Waals surface area contributed by atoms with Crippen LogP contribution in [0, 0.1) is 5.82 Å². The summed E-state index contributed by atoms with van der Waals surface area (Å²) in [5.74, 6) is -1.95. The first-order chi connectivity index (χ1) is 11.5. The van der Waals surface area contributed by atoms with Crippen molar-refractivity contribution >= 4 is 23.5 Å². The molecular weight excluding hydrogens is 337 g/mol. The molecular formula is C17H15ClFNO4. The Balaban J connectivity index is 1.85. The monoisotopic (exact) mass is 351 g/mol. The number of rotatable bonds is 6. The van der Waals surface area contributed by atoms with E-state index in [-0.39, 0.29) is 17.9 Å². The number of amides is 1. The number of nitrogens with one attached hydrogen (secondary N) is 1. The fraction of sp³-hybridized carbons (Fsp3) is 0.176. The normalized spacial score (nSPS) is 10.1. The van der Waals surface area contributed by atoms with E-state index in [4.69, 9.17) is 21.1 Å². The zero-order valence-corrected chi connectivity index (χ0v) is 13.6. The highest BCUT2D eigenvalue weighted by atomic mass is 35.5. The fourth-order valence-corrected chi connectivity index (χ4v) is 2.09. The molecule has 0 aliphatic rings. The highest BCUT2D eigenvalue weighted by Gasteiger charge is 2.15. The van der Waals surface area contributed by atoms with Gasteiger partial charge in [-0.15, -0.1) is 0 Å². The van der Waals surface area contributed by atoms with Gasteiger partial charge in [-0.05, 0) is 23.8 Å². The predicted molar refractivity (Wildman–Crippen MR) is 86.5 cm³/mol. The van der Waals surface area contributed by atoms with E-state index in [2.05, 4.69) is 5.32 Å². The standard InChI is InChI=1S/C17H15ClFNO4/c1-23-12-6-7-13(15(19)8-12)17(22)24-10-16(21)20-9-11-4-2-3-5-14(11)18/h2-8H,9-10H2,1H3,(H,20,21). The third-order valence-electron chi connectivity index (χ3n) is 3.16. The minimum Gasteiger partial charge on any atom is -0.497 e. The predicted octanol–water partition coefficient (Wildman–Crippen LogP) is 2.96. The molecule has 0 aromatic heterocycles. The summed E-state index contributed by atoms with van der Waals surface area (Å²) in [5, 5.41) is 3.09. The minimum absolute atomic E-state index is 0.201. The van der Waals surface area contributed by atoms with Crippen molar-refractivity contribution in [3.05, 3.63) is 64.4 Å². The van der Waals surface area contributed by atoms with Gasteiger partial charge in [0.05, 0.1) is 12.7 Å². The lowest BCUT2D eigenvalue weighted by Crippen LogP contribution is -2.28. The molecule has 2 aromatic rings. The summed E-state index contributed by atoms with van der Waals surface area (Å²) >= 11 is 5.97. The van der Waals surface area contributed by atoms with Crippen LogP contribution in [0.3, 0.4) is 0 Å². The lowest BCUT2D eigenvalue weighted by molar-refractivity contribution is -0.124. The van der Waals surface area contributed by atoms with Crippen LogP contribution in [0.15, 0.2) is 42.5 Å². The van der Waals surface area contributed by atoms with Crippen LogP contribution in [-0.4, -0.2) is 25.6 Å². The van der Waals surface area contributed by atoms with Crippen molar-refractivity contribution < 1.29 is 23.5 Å². The van der Waals surface area contributed by atoms with Crippen molar-refractivity contribution in [1.29, 1.82) is 0 Å². The maximum atomic E-state index is 13.7. The van der Waals surface area contributed by atoms with E-state index in [0.29, 0.717) is 5.02 Å². The van der Waals surface area contributed by atoms with Crippen LogP contribution in [-0.2, 0) is 16.1 Å². The Morgan fingerprint density at radius 2 is 1.96 bits per heavy atom. The smallest absolute Gasteiger partial charge is 0.341 e. The second kappa shape index (κ2) is 8.31. The third-order valence-corrected chi connectivity index (χ3v) is 3.53. The number of esters is 1. The molecule has 0 bridgehead atoms. The van der Waals surface area contributed by atoms with Gasteiger partial charge in [-0.3, -0.25) is 4.79 Å². The minimum atomic E-state index is -0.928. The summed E-state index contributed by atoms with van der Waals surface area (Å²) in [6.45, 7) is -0.318. The van der Waals surface area contributed by atoms with Crippen molar-refractivity contribution in [3.63, 3.8) is 0 Å². The third kappa shape index (κ3) is 4.70. The van der Waals surface area contributed by atoms with E-state index in [1.54, 1.807) is 24.3 Å². The zero-order valence-electron chi connectivity index (χ0n) is 12.8. The molecule has 0 spiro atoms. The summed E-state index contributed by atoms with van der Waals surface area (Å²) in [4.78, 5) is 23.5. The fourth-order valence-electron chi connectivity index (χ4n) is 1.88. The number of benzene rings is 2. The van der Waals surface area contributed by atoms with E-state index < -0.39 is 24.3 Å². The van der Waals surface area contributed by atoms with Crippen molar-refractivity contribution in [1.82, 2.24) is 5.32 Å². The number of hydrogen-bond acceptors (Lipinski definition) is 4. The van der Waals surface area contributed by atoms with Gasteiger partial charge in [-0.25, -0.2) is 9.18 Å². The van der Waals surface area contributed by atoms with Gasteiger partial charge in [0.15, 0.2) is 6.61 Å². The van der Waals surface area contributed by atoms with E-state index in [1.807, 2.05) is 0 Å². The largest absolute Gasteiger partial charge is 0.497 e. The van der Waals surface area contributed by atoms with Gasteiger partial charge >= 0.3 is 5.97 Å². The number of carbonyl (C=O) groups is 2. The first kappa shape index (κ1) is 17.7. The Morgan fingerprint density at radius 1 is 1.21 bits per heavy atom. The Bertz CT molecular complexity index is 751. The average Bonchev–Trinajstić information content (AvgIpc) is 2.58. The molecule has 0 aliphatic carbocycles. The summed E-state index contributed by atoms with van der Waals surface area (Å²) < 4.78 is 23.4. The van der Waals surface area contributed by atoms with Crippen LogP contribution >= 0.6 is 11.6 Å². The Morgan fingerprint density at radius 3 is 2.62 bits per heavy atom. The molecule has 0 heterocycles. The maximum absolute atomic E-state index is 13.7. The topological polar surface area (TPSA) is 64.6 Å². The maximum Gasteiger partial charge on any atom is 0.341 e. The SMILES string of the molecule is COc1ccc(C(=O)OCC(=O)NCc2ccccc2Cl)c(F)c1. The number of ether oxygens (including phenoxy) is 2. The van der Waals surface area contributed by atoms with Gasteiger partial charge in [0.25, 0.3) is 5.91 Å². The van der Waals surface area contributed by atoms with Crippen LogP contribution in [0.25, 0.3) is 0 Å².